The van der Waals surface area contributed by atoms with Crippen LogP contribution in [0.4, 0.5) is 0 Å². The van der Waals surface area contributed by atoms with Crippen LogP contribution in [0.2, 0.25) is 0 Å². The zero-order valence-electron chi connectivity index (χ0n) is 9.53. The van der Waals surface area contributed by atoms with Crippen molar-refractivity contribution in [3.63, 3.8) is 0 Å². The Hall–Kier alpha value is -0.450. The summed E-state index contributed by atoms with van der Waals surface area (Å²) >= 11 is 1.60. The van der Waals surface area contributed by atoms with E-state index in [4.69, 9.17) is 10.5 Å². The van der Waals surface area contributed by atoms with E-state index < -0.39 is 0 Å². The Morgan fingerprint density at radius 2 is 2.33 bits per heavy atom. The van der Waals surface area contributed by atoms with Crippen LogP contribution in [0.25, 0.3) is 0 Å². The average Bonchev–Trinajstić information content (AvgIpc) is 2.65. The minimum Gasteiger partial charge on any atom is -0.375 e. The molecule has 2 N–H and O–H groups in total. The van der Waals surface area contributed by atoms with E-state index in [0.29, 0.717) is 13.2 Å². The third kappa shape index (κ3) is 5.25. The lowest BCUT2D eigenvalue weighted by atomic mass is 10.1. The van der Waals surface area contributed by atoms with Crippen molar-refractivity contribution in [2.45, 2.75) is 39.8 Å². The first kappa shape index (κ1) is 12.6. The quantitative estimate of drug-likeness (QED) is 0.730. The number of nitrogens with zero attached hydrogens (tertiary/aromatic N) is 1. The van der Waals surface area contributed by atoms with Crippen molar-refractivity contribution in [2.75, 3.05) is 6.61 Å². The van der Waals surface area contributed by atoms with Gasteiger partial charge in [-0.25, -0.2) is 4.98 Å². The van der Waals surface area contributed by atoms with Crippen LogP contribution in [-0.4, -0.2) is 11.6 Å². The fourth-order valence-electron chi connectivity index (χ4n) is 1.28. The summed E-state index contributed by atoms with van der Waals surface area (Å²) < 4.78 is 5.53. The Bertz CT molecular complexity index is 273. The molecule has 0 saturated heterocycles. The predicted octanol–water partition coefficient (Wildman–Crippen LogP) is 2.55. The van der Waals surface area contributed by atoms with E-state index in [1.54, 1.807) is 11.3 Å². The molecule has 1 aromatic heterocycles. The molecule has 0 fully saturated rings. The Labute approximate surface area is 95.7 Å². The van der Waals surface area contributed by atoms with Gasteiger partial charge >= 0.3 is 0 Å². The SMILES string of the molecule is CC(C)CCCOCc1csc(CN)n1. The number of hydrogen-bond acceptors (Lipinski definition) is 4. The van der Waals surface area contributed by atoms with Crippen LogP contribution in [0.3, 0.4) is 0 Å². The van der Waals surface area contributed by atoms with Gasteiger partial charge in [0, 0.05) is 18.5 Å². The second kappa shape index (κ2) is 6.93. The maximum absolute atomic E-state index is 5.53. The molecule has 4 heteroatoms. The lowest BCUT2D eigenvalue weighted by molar-refractivity contribution is 0.112. The maximum atomic E-state index is 5.53. The van der Waals surface area contributed by atoms with Gasteiger partial charge in [-0.2, -0.15) is 0 Å². The first-order valence-corrected chi connectivity index (χ1v) is 6.31. The van der Waals surface area contributed by atoms with Gasteiger partial charge < -0.3 is 10.5 Å². The van der Waals surface area contributed by atoms with Crippen molar-refractivity contribution in [3.8, 4) is 0 Å². The van der Waals surface area contributed by atoms with Crippen LogP contribution in [0.5, 0.6) is 0 Å². The highest BCUT2D eigenvalue weighted by Gasteiger charge is 2.00. The molecule has 0 bridgehead atoms. The van der Waals surface area contributed by atoms with Crippen molar-refractivity contribution in [3.05, 3.63) is 16.1 Å². The molecule has 0 atom stereocenters. The van der Waals surface area contributed by atoms with Gasteiger partial charge in [0.05, 0.1) is 12.3 Å². The van der Waals surface area contributed by atoms with Gasteiger partial charge in [-0.05, 0) is 18.8 Å². The second-order valence-corrected chi connectivity index (χ2v) is 4.97. The third-order valence-corrected chi connectivity index (χ3v) is 3.01. The minimum atomic E-state index is 0.526. The summed E-state index contributed by atoms with van der Waals surface area (Å²) in [4.78, 5) is 4.33. The molecule has 0 saturated carbocycles. The van der Waals surface area contributed by atoms with E-state index in [0.717, 1.165) is 29.6 Å². The van der Waals surface area contributed by atoms with Crippen molar-refractivity contribution in [1.29, 1.82) is 0 Å². The fraction of sp³-hybridized carbons (Fsp3) is 0.727. The zero-order valence-corrected chi connectivity index (χ0v) is 10.3. The van der Waals surface area contributed by atoms with Crippen molar-refractivity contribution in [2.24, 2.45) is 11.7 Å². The number of hydrogen-bond donors (Lipinski definition) is 1. The lowest BCUT2D eigenvalue weighted by Crippen LogP contribution is -1.99. The van der Waals surface area contributed by atoms with Crippen LogP contribution in [0.15, 0.2) is 5.38 Å². The molecule has 0 spiro atoms. The molecule has 1 rings (SSSR count). The summed E-state index contributed by atoms with van der Waals surface area (Å²) in [6.07, 6.45) is 2.36. The molecular formula is C11H20N2OS. The summed E-state index contributed by atoms with van der Waals surface area (Å²) in [6, 6.07) is 0. The van der Waals surface area contributed by atoms with Gasteiger partial charge in [0.25, 0.3) is 0 Å². The number of aromatic nitrogens is 1. The topological polar surface area (TPSA) is 48.1 Å². The number of rotatable bonds is 7. The van der Waals surface area contributed by atoms with Crippen LogP contribution in [-0.2, 0) is 17.9 Å². The van der Waals surface area contributed by atoms with E-state index >= 15 is 0 Å². The molecule has 0 aliphatic rings. The smallest absolute Gasteiger partial charge is 0.107 e. The molecule has 0 aliphatic heterocycles. The van der Waals surface area contributed by atoms with E-state index in [1.807, 2.05) is 5.38 Å². The summed E-state index contributed by atoms with van der Waals surface area (Å²) in [7, 11) is 0. The van der Waals surface area contributed by atoms with Gasteiger partial charge in [0.2, 0.25) is 0 Å². The van der Waals surface area contributed by atoms with E-state index in [2.05, 4.69) is 18.8 Å². The van der Waals surface area contributed by atoms with Gasteiger partial charge in [0.1, 0.15) is 5.01 Å². The van der Waals surface area contributed by atoms with Crippen LogP contribution in [0.1, 0.15) is 37.4 Å². The third-order valence-electron chi connectivity index (χ3n) is 2.09. The number of thiazole rings is 1. The Kier molecular flexibility index (Phi) is 5.83. The standard InChI is InChI=1S/C11H20N2OS/c1-9(2)4-3-5-14-7-10-8-15-11(6-12)13-10/h8-9H,3-7,12H2,1-2H3. The summed E-state index contributed by atoms with van der Waals surface area (Å²) in [5, 5.41) is 3.00. The lowest BCUT2D eigenvalue weighted by Gasteiger charge is -2.04. The summed E-state index contributed by atoms with van der Waals surface area (Å²) in [5.41, 5.74) is 6.48. The fourth-order valence-corrected chi connectivity index (χ4v) is 1.94. The minimum absolute atomic E-state index is 0.526. The first-order chi connectivity index (χ1) is 7.22. The molecule has 0 amide bonds. The van der Waals surface area contributed by atoms with Crippen LogP contribution < -0.4 is 5.73 Å². The molecular weight excluding hydrogens is 208 g/mol. The first-order valence-electron chi connectivity index (χ1n) is 5.43. The second-order valence-electron chi connectivity index (χ2n) is 4.03. The highest BCUT2D eigenvalue weighted by molar-refractivity contribution is 7.09. The monoisotopic (exact) mass is 228 g/mol. The van der Waals surface area contributed by atoms with E-state index in [1.165, 1.54) is 6.42 Å². The Morgan fingerprint density at radius 3 is 2.93 bits per heavy atom. The summed E-state index contributed by atoms with van der Waals surface area (Å²) in [5.74, 6) is 0.761. The molecule has 1 heterocycles. The van der Waals surface area contributed by atoms with E-state index in [-0.39, 0.29) is 0 Å². The molecule has 15 heavy (non-hydrogen) atoms. The molecule has 1 aromatic rings. The van der Waals surface area contributed by atoms with Gasteiger partial charge in [0.15, 0.2) is 0 Å². The van der Waals surface area contributed by atoms with Crippen molar-refractivity contribution < 1.29 is 4.74 Å². The predicted molar refractivity (Wildman–Crippen MR) is 63.7 cm³/mol. The maximum Gasteiger partial charge on any atom is 0.107 e. The molecule has 3 nitrogen and oxygen atoms in total. The number of ether oxygens (including phenoxy) is 1. The highest BCUT2D eigenvalue weighted by Crippen LogP contribution is 2.10. The normalized spacial score (nSPS) is 11.2. The summed E-state index contributed by atoms with van der Waals surface area (Å²) in [6.45, 7) is 6.43. The molecule has 0 radical (unpaired) electrons. The number of nitrogens with two attached hydrogens (primary N) is 1. The molecule has 0 aliphatic carbocycles. The largest absolute Gasteiger partial charge is 0.375 e. The Balaban J connectivity index is 2.09. The van der Waals surface area contributed by atoms with Crippen LogP contribution >= 0.6 is 11.3 Å². The zero-order chi connectivity index (χ0) is 11.1. The van der Waals surface area contributed by atoms with E-state index in [9.17, 15) is 0 Å². The van der Waals surface area contributed by atoms with Gasteiger partial charge in [-0.3, -0.25) is 0 Å². The van der Waals surface area contributed by atoms with Gasteiger partial charge in [-0.1, -0.05) is 13.8 Å². The van der Waals surface area contributed by atoms with Crippen molar-refractivity contribution >= 4 is 11.3 Å². The molecule has 0 unspecified atom stereocenters. The highest BCUT2D eigenvalue weighted by atomic mass is 32.1. The molecule has 86 valence electrons. The molecule has 0 aromatic carbocycles. The Morgan fingerprint density at radius 1 is 1.53 bits per heavy atom. The average molecular weight is 228 g/mol. The van der Waals surface area contributed by atoms with Crippen molar-refractivity contribution in [1.82, 2.24) is 4.98 Å². The van der Waals surface area contributed by atoms with Gasteiger partial charge in [-0.15, -0.1) is 11.3 Å². The van der Waals surface area contributed by atoms with Crippen LogP contribution in [0, 0.1) is 5.92 Å².